The first-order valence-corrected chi connectivity index (χ1v) is 9.42. The average molecular weight is 385 g/mol. The SMILES string of the molecule is COc1ccccc1NC(=O)NCc1nc(N(C)C)nc(N2CCCCC2)n1. The number of aromatic nitrogens is 3. The van der Waals surface area contributed by atoms with Crippen molar-refractivity contribution in [3.8, 4) is 5.75 Å². The van der Waals surface area contributed by atoms with Crippen molar-refractivity contribution in [3.05, 3.63) is 30.1 Å². The van der Waals surface area contributed by atoms with Crippen LogP contribution in [-0.4, -0.2) is 55.3 Å². The number of rotatable bonds is 6. The molecular formula is C19H27N7O2. The Morgan fingerprint density at radius 3 is 2.61 bits per heavy atom. The Morgan fingerprint density at radius 1 is 1.14 bits per heavy atom. The van der Waals surface area contributed by atoms with Crippen LogP contribution in [0.1, 0.15) is 25.1 Å². The Balaban J connectivity index is 1.68. The zero-order valence-corrected chi connectivity index (χ0v) is 16.6. The molecule has 0 spiro atoms. The summed E-state index contributed by atoms with van der Waals surface area (Å²) in [6, 6.07) is 6.89. The molecule has 0 bridgehead atoms. The van der Waals surface area contributed by atoms with Crippen molar-refractivity contribution in [1.82, 2.24) is 20.3 Å². The Hall–Kier alpha value is -3.10. The fourth-order valence-corrected chi connectivity index (χ4v) is 2.98. The maximum Gasteiger partial charge on any atom is 0.319 e. The molecule has 9 heteroatoms. The van der Waals surface area contributed by atoms with Gasteiger partial charge >= 0.3 is 6.03 Å². The van der Waals surface area contributed by atoms with Crippen LogP contribution in [-0.2, 0) is 6.54 Å². The minimum atomic E-state index is -0.351. The molecule has 0 unspecified atom stereocenters. The van der Waals surface area contributed by atoms with Crippen molar-refractivity contribution in [3.63, 3.8) is 0 Å². The van der Waals surface area contributed by atoms with Crippen molar-refractivity contribution in [1.29, 1.82) is 0 Å². The number of piperidine rings is 1. The molecule has 2 aromatic rings. The van der Waals surface area contributed by atoms with Gasteiger partial charge in [-0.15, -0.1) is 0 Å². The molecule has 2 amide bonds. The van der Waals surface area contributed by atoms with Gasteiger partial charge in [0, 0.05) is 27.2 Å². The van der Waals surface area contributed by atoms with Gasteiger partial charge < -0.3 is 25.2 Å². The lowest BCUT2D eigenvalue weighted by Crippen LogP contribution is -2.33. The van der Waals surface area contributed by atoms with Crippen LogP contribution in [0.5, 0.6) is 5.75 Å². The van der Waals surface area contributed by atoms with Gasteiger partial charge in [0.15, 0.2) is 5.82 Å². The maximum absolute atomic E-state index is 12.3. The first-order chi connectivity index (χ1) is 13.6. The highest BCUT2D eigenvalue weighted by molar-refractivity contribution is 5.90. The van der Waals surface area contributed by atoms with Gasteiger partial charge in [-0.2, -0.15) is 15.0 Å². The molecule has 0 saturated carbocycles. The molecule has 1 aromatic heterocycles. The number of benzene rings is 1. The predicted molar refractivity (Wildman–Crippen MR) is 109 cm³/mol. The molecule has 1 saturated heterocycles. The monoisotopic (exact) mass is 385 g/mol. The van der Waals surface area contributed by atoms with Gasteiger partial charge in [0.2, 0.25) is 11.9 Å². The molecule has 9 nitrogen and oxygen atoms in total. The van der Waals surface area contributed by atoms with E-state index >= 15 is 0 Å². The van der Waals surface area contributed by atoms with Gasteiger partial charge in [0.25, 0.3) is 0 Å². The Labute approximate surface area is 165 Å². The molecule has 0 radical (unpaired) electrons. The number of amides is 2. The van der Waals surface area contributed by atoms with E-state index in [0.29, 0.717) is 29.2 Å². The molecule has 2 N–H and O–H groups in total. The van der Waals surface area contributed by atoms with Gasteiger partial charge in [0.1, 0.15) is 5.75 Å². The minimum absolute atomic E-state index is 0.200. The quantitative estimate of drug-likeness (QED) is 0.787. The number of nitrogens with one attached hydrogen (secondary N) is 2. The van der Waals surface area contributed by atoms with E-state index in [1.165, 1.54) is 6.42 Å². The topological polar surface area (TPSA) is 95.5 Å². The maximum atomic E-state index is 12.3. The summed E-state index contributed by atoms with van der Waals surface area (Å²) in [6.07, 6.45) is 3.51. The van der Waals surface area contributed by atoms with Crippen molar-refractivity contribution in [2.45, 2.75) is 25.8 Å². The number of hydrogen-bond acceptors (Lipinski definition) is 7. The fourth-order valence-electron chi connectivity index (χ4n) is 2.98. The van der Waals surface area contributed by atoms with E-state index in [2.05, 4.69) is 30.5 Å². The van der Waals surface area contributed by atoms with Crippen molar-refractivity contribution >= 4 is 23.6 Å². The number of carbonyl (C=O) groups is 1. The number of urea groups is 1. The van der Waals surface area contributed by atoms with E-state index in [1.807, 2.05) is 31.1 Å². The molecule has 1 aliphatic rings. The van der Waals surface area contributed by atoms with E-state index in [-0.39, 0.29) is 12.6 Å². The molecule has 1 fully saturated rings. The number of nitrogens with zero attached hydrogens (tertiary/aromatic N) is 5. The fraction of sp³-hybridized carbons (Fsp3) is 0.474. The summed E-state index contributed by atoms with van der Waals surface area (Å²) in [5.41, 5.74) is 0.598. The second-order valence-corrected chi connectivity index (χ2v) is 6.80. The van der Waals surface area contributed by atoms with Crippen LogP contribution < -0.4 is 25.2 Å². The molecule has 2 heterocycles. The van der Waals surface area contributed by atoms with E-state index in [4.69, 9.17) is 4.74 Å². The summed E-state index contributed by atoms with van der Waals surface area (Å²) in [5.74, 6) is 2.37. The van der Waals surface area contributed by atoms with Crippen molar-refractivity contribution in [2.24, 2.45) is 0 Å². The molecule has 1 aromatic carbocycles. The van der Waals surface area contributed by atoms with Gasteiger partial charge in [-0.1, -0.05) is 12.1 Å². The highest BCUT2D eigenvalue weighted by Crippen LogP contribution is 2.23. The molecule has 0 atom stereocenters. The lowest BCUT2D eigenvalue weighted by Gasteiger charge is -2.27. The number of anilines is 3. The summed E-state index contributed by atoms with van der Waals surface area (Å²) in [6.45, 7) is 2.08. The van der Waals surface area contributed by atoms with Gasteiger partial charge in [-0.3, -0.25) is 0 Å². The number of hydrogen-bond donors (Lipinski definition) is 2. The second-order valence-electron chi connectivity index (χ2n) is 6.80. The normalized spacial score (nSPS) is 13.8. The molecule has 28 heavy (non-hydrogen) atoms. The average Bonchev–Trinajstić information content (AvgIpc) is 2.73. The van der Waals surface area contributed by atoms with Gasteiger partial charge in [-0.25, -0.2) is 4.79 Å². The summed E-state index contributed by atoms with van der Waals surface area (Å²) >= 11 is 0. The van der Waals surface area contributed by atoms with E-state index in [0.717, 1.165) is 25.9 Å². The predicted octanol–water partition coefficient (Wildman–Crippen LogP) is 2.26. The zero-order valence-electron chi connectivity index (χ0n) is 16.6. The lowest BCUT2D eigenvalue weighted by molar-refractivity contribution is 0.251. The first-order valence-electron chi connectivity index (χ1n) is 9.42. The summed E-state index contributed by atoms with van der Waals surface area (Å²) in [4.78, 5) is 29.9. The molecule has 3 rings (SSSR count). The number of ether oxygens (including phenoxy) is 1. The van der Waals surface area contributed by atoms with Crippen LogP contribution in [0.25, 0.3) is 0 Å². The third kappa shape index (κ3) is 4.99. The second kappa shape index (κ2) is 9.20. The number of carbonyl (C=O) groups excluding carboxylic acids is 1. The van der Waals surface area contributed by atoms with Gasteiger partial charge in [0.05, 0.1) is 19.3 Å². The molecule has 150 valence electrons. The molecule has 0 aliphatic carbocycles. The minimum Gasteiger partial charge on any atom is -0.495 e. The third-order valence-corrected chi connectivity index (χ3v) is 4.46. The van der Waals surface area contributed by atoms with Gasteiger partial charge in [-0.05, 0) is 31.4 Å². The Kier molecular flexibility index (Phi) is 6.46. The third-order valence-electron chi connectivity index (χ3n) is 4.46. The van der Waals surface area contributed by atoms with Crippen LogP contribution in [0.4, 0.5) is 22.4 Å². The van der Waals surface area contributed by atoms with E-state index in [9.17, 15) is 4.79 Å². The first kappa shape index (κ1) is 19.7. The Bertz CT molecular complexity index is 807. The summed E-state index contributed by atoms with van der Waals surface area (Å²) in [7, 11) is 5.34. The molecular weight excluding hydrogens is 358 g/mol. The summed E-state index contributed by atoms with van der Waals surface area (Å²) < 4.78 is 5.25. The smallest absolute Gasteiger partial charge is 0.319 e. The zero-order chi connectivity index (χ0) is 19.9. The van der Waals surface area contributed by atoms with Crippen LogP contribution in [0.2, 0.25) is 0 Å². The summed E-state index contributed by atoms with van der Waals surface area (Å²) in [5, 5.41) is 5.58. The van der Waals surface area contributed by atoms with Crippen LogP contribution in [0, 0.1) is 0 Å². The van der Waals surface area contributed by atoms with Crippen LogP contribution >= 0.6 is 0 Å². The van der Waals surface area contributed by atoms with Crippen LogP contribution in [0.15, 0.2) is 24.3 Å². The highest BCUT2D eigenvalue weighted by atomic mass is 16.5. The van der Waals surface area contributed by atoms with Crippen LogP contribution in [0.3, 0.4) is 0 Å². The standard InChI is InChI=1S/C19H27N7O2/c1-25(2)17-22-16(23-18(24-17)26-11-7-4-8-12-26)13-20-19(27)21-14-9-5-6-10-15(14)28-3/h5-6,9-10H,4,7-8,11-13H2,1-3H3,(H2,20,21,27). The van der Waals surface area contributed by atoms with Crippen molar-refractivity contribution in [2.75, 3.05) is 49.4 Å². The van der Waals surface area contributed by atoms with Crippen molar-refractivity contribution < 1.29 is 9.53 Å². The number of para-hydroxylation sites is 2. The highest BCUT2D eigenvalue weighted by Gasteiger charge is 2.17. The largest absolute Gasteiger partial charge is 0.495 e. The molecule has 1 aliphatic heterocycles. The number of methoxy groups -OCH3 is 1. The lowest BCUT2D eigenvalue weighted by atomic mass is 10.1. The Morgan fingerprint density at radius 2 is 1.89 bits per heavy atom. The van der Waals surface area contributed by atoms with E-state index < -0.39 is 0 Å². The van der Waals surface area contributed by atoms with E-state index in [1.54, 1.807) is 19.2 Å².